The van der Waals surface area contributed by atoms with E-state index in [0.29, 0.717) is 26.4 Å². The maximum atomic E-state index is 13.9. The Kier molecular flexibility index (Phi) is 6.94. The Morgan fingerprint density at radius 1 is 0.974 bits per heavy atom. The fraction of sp³-hybridized carbons (Fsp3) is 0.125. The molecule has 6 aromatic rings. The van der Waals surface area contributed by atoms with Crippen molar-refractivity contribution in [1.82, 2.24) is 4.40 Å². The second-order valence-corrected chi connectivity index (χ2v) is 11.9. The molecule has 0 saturated heterocycles. The van der Waals surface area contributed by atoms with Crippen LogP contribution in [0.1, 0.15) is 43.6 Å². The van der Waals surface area contributed by atoms with Crippen LogP contribution in [-0.4, -0.2) is 22.8 Å². The minimum absolute atomic E-state index is 0.142. The number of aromatic nitrogens is 1. The summed E-state index contributed by atoms with van der Waals surface area (Å²) in [6.07, 6.45) is 1.94. The van der Waals surface area contributed by atoms with Crippen molar-refractivity contribution < 1.29 is 14.3 Å². The van der Waals surface area contributed by atoms with Crippen molar-refractivity contribution in [2.24, 2.45) is 0 Å². The number of rotatable bonds is 7. The zero-order chi connectivity index (χ0) is 27.1. The van der Waals surface area contributed by atoms with Crippen LogP contribution in [-0.2, 0) is 10.5 Å². The average Bonchev–Trinajstić information content (AvgIpc) is 3.48. The molecule has 39 heavy (non-hydrogen) atoms. The highest BCUT2D eigenvalue weighted by atomic mass is 35.5. The smallest absolute Gasteiger partial charge is 0.341 e. The standard InChI is InChI=1S/C32H24ClNO3S2/c1-3-37-31(36)26-25-10-6-7-17-34(25)28-27(26)30(29(35)21-13-15-22(33)16-14-21)39-32(28)38-18-24-19(2)11-12-20-8-4-5-9-23(20)24/h4-17H,3,18H2,1-2H3. The van der Waals surface area contributed by atoms with Gasteiger partial charge in [-0.3, -0.25) is 4.79 Å². The van der Waals surface area contributed by atoms with Crippen molar-refractivity contribution in [3.05, 3.63) is 117 Å². The quantitative estimate of drug-likeness (QED) is 0.109. The second kappa shape index (κ2) is 10.5. The predicted octanol–water partition coefficient (Wildman–Crippen LogP) is 8.97. The van der Waals surface area contributed by atoms with E-state index in [2.05, 4.69) is 43.3 Å². The van der Waals surface area contributed by atoms with Crippen LogP contribution in [0.15, 0.2) is 89.3 Å². The molecule has 0 unspecified atom stereocenters. The van der Waals surface area contributed by atoms with E-state index in [-0.39, 0.29) is 12.4 Å². The van der Waals surface area contributed by atoms with Gasteiger partial charge < -0.3 is 9.14 Å². The molecule has 0 fully saturated rings. The van der Waals surface area contributed by atoms with Crippen molar-refractivity contribution in [3.8, 4) is 0 Å². The number of thiophene rings is 1. The number of ketones is 1. The van der Waals surface area contributed by atoms with Crippen LogP contribution in [0.25, 0.3) is 27.2 Å². The van der Waals surface area contributed by atoms with Gasteiger partial charge in [0.1, 0.15) is 0 Å². The number of carbonyl (C=O) groups is 2. The molecule has 0 radical (unpaired) electrons. The van der Waals surface area contributed by atoms with Crippen LogP contribution in [0, 0.1) is 6.92 Å². The molecule has 3 aromatic carbocycles. The third-order valence-electron chi connectivity index (χ3n) is 6.87. The molecule has 0 N–H and O–H groups in total. The number of thioether (sulfide) groups is 1. The summed E-state index contributed by atoms with van der Waals surface area (Å²) in [6.45, 7) is 4.17. The number of carbonyl (C=O) groups excluding carboxylic acids is 2. The van der Waals surface area contributed by atoms with Crippen molar-refractivity contribution in [2.75, 3.05) is 6.61 Å². The van der Waals surface area contributed by atoms with Gasteiger partial charge in [-0.25, -0.2) is 4.79 Å². The second-order valence-electron chi connectivity index (χ2n) is 9.20. The lowest BCUT2D eigenvalue weighted by atomic mass is 10.0. The van der Waals surface area contributed by atoms with E-state index in [0.717, 1.165) is 21.0 Å². The highest BCUT2D eigenvalue weighted by Crippen LogP contribution is 2.45. The Balaban J connectivity index is 1.56. The average molecular weight is 570 g/mol. The zero-order valence-electron chi connectivity index (χ0n) is 21.4. The van der Waals surface area contributed by atoms with Gasteiger partial charge in [0.05, 0.1) is 32.3 Å². The van der Waals surface area contributed by atoms with Gasteiger partial charge in [0.2, 0.25) is 5.78 Å². The number of pyridine rings is 1. The monoisotopic (exact) mass is 569 g/mol. The molecule has 6 rings (SSSR count). The van der Waals surface area contributed by atoms with Gasteiger partial charge in [0.25, 0.3) is 0 Å². The Bertz CT molecular complexity index is 1890. The maximum absolute atomic E-state index is 13.9. The third-order valence-corrected chi connectivity index (χ3v) is 9.59. The number of benzene rings is 3. The predicted molar refractivity (Wildman–Crippen MR) is 162 cm³/mol. The van der Waals surface area contributed by atoms with Crippen molar-refractivity contribution in [1.29, 1.82) is 0 Å². The molecule has 0 aliphatic heterocycles. The number of nitrogens with zero attached hydrogens (tertiary/aromatic N) is 1. The summed E-state index contributed by atoms with van der Waals surface area (Å²) in [5, 5.41) is 3.63. The molecule has 4 nitrogen and oxygen atoms in total. The Hall–Kier alpha value is -3.58. The molecule has 0 amide bonds. The van der Waals surface area contributed by atoms with E-state index < -0.39 is 5.97 Å². The fourth-order valence-electron chi connectivity index (χ4n) is 5.00. The van der Waals surface area contributed by atoms with Crippen molar-refractivity contribution in [3.63, 3.8) is 0 Å². The molecule has 3 heterocycles. The summed E-state index contributed by atoms with van der Waals surface area (Å²) in [4.78, 5) is 27.7. The molecule has 194 valence electrons. The summed E-state index contributed by atoms with van der Waals surface area (Å²) in [7, 11) is 0. The first-order valence-electron chi connectivity index (χ1n) is 12.6. The van der Waals surface area contributed by atoms with Crippen LogP contribution in [0.5, 0.6) is 0 Å². The van der Waals surface area contributed by atoms with E-state index in [1.54, 1.807) is 43.0 Å². The normalized spacial score (nSPS) is 11.5. The van der Waals surface area contributed by atoms with Crippen molar-refractivity contribution >= 4 is 73.6 Å². The number of ether oxygens (including phenoxy) is 1. The number of aryl methyl sites for hydroxylation is 1. The Morgan fingerprint density at radius 3 is 2.54 bits per heavy atom. The van der Waals surface area contributed by atoms with E-state index in [1.165, 1.54) is 33.2 Å². The lowest BCUT2D eigenvalue weighted by Gasteiger charge is -2.10. The van der Waals surface area contributed by atoms with E-state index in [1.807, 2.05) is 28.8 Å². The molecule has 0 aliphatic carbocycles. The molecule has 0 aliphatic rings. The van der Waals surface area contributed by atoms with Crippen molar-refractivity contribution in [2.45, 2.75) is 23.8 Å². The number of hydrogen-bond donors (Lipinski definition) is 0. The number of halogens is 1. The zero-order valence-corrected chi connectivity index (χ0v) is 23.8. The first-order chi connectivity index (χ1) is 19.0. The molecule has 0 spiro atoms. The van der Waals surface area contributed by atoms with Gasteiger partial charge in [0.15, 0.2) is 0 Å². The van der Waals surface area contributed by atoms with Crippen LogP contribution < -0.4 is 0 Å². The van der Waals surface area contributed by atoms with Gasteiger partial charge in [-0.2, -0.15) is 0 Å². The highest BCUT2D eigenvalue weighted by molar-refractivity contribution is 8.00. The number of fused-ring (bicyclic) bond motifs is 4. The number of esters is 1. The molecule has 0 saturated carbocycles. The number of hydrogen-bond acceptors (Lipinski definition) is 5. The van der Waals surface area contributed by atoms with Gasteiger partial charge in [-0.05, 0) is 72.1 Å². The third kappa shape index (κ3) is 4.52. The molecular weight excluding hydrogens is 546 g/mol. The molecule has 3 aromatic heterocycles. The molecule has 0 bridgehead atoms. The minimum atomic E-state index is -0.430. The van der Waals surface area contributed by atoms with Gasteiger partial charge in [-0.15, -0.1) is 23.1 Å². The SMILES string of the molecule is CCOC(=O)c1c2c(C(=O)c3ccc(Cl)cc3)sc(SCc3c(C)ccc4ccccc34)c2n2ccccc12. The first kappa shape index (κ1) is 25.7. The van der Waals surface area contributed by atoms with Crippen LogP contribution >= 0.6 is 34.7 Å². The van der Waals surface area contributed by atoms with Crippen LogP contribution in [0.2, 0.25) is 5.02 Å². The van der Waals surface area contributed by atoms with Gasteiger partial charge >= 0.3 is 5.97 Å². The van der Waals surface area contributed by atoms with Gasteiger partial charge in [-0.1, -0.05) is 54.1 Å². The topological polar surface area (TPSA) is 47.8 Å². The summed E-state index contributed by atoms with van der Waals surface area (Å²) >= 11 is 9.22. The highest BCUT2D eigenvalue weighted by Gasteiger charge is 2.29. The van der Waals surface area contributed by atoms with Crippen LogP contribution in [0.3, 0.4) is 0 Å². The van der Waals surface area contributed by atoms with Gasteiger partial charge in [0, 0.05) is 27.9 Å². The summed E-state index contributed by atoms with van der Waals surface area (Å²) in [5.74, 6) is 0.156. The Morgan fingerprint density at radius 2 is 1.74 bits per heavy atom. The summed E-state index contributed by atoms with van der Waals surface area (Å²) < 4.78 is 8.47. The lowest BCUT2D eigenvalue weighted by molar-refractivity contribution is 0.0531. The first-order valence-corrected chi connectivity index (χ1v) is 14.8. The Labute approximate surface area is 239 Å². The molecule has 7 heteroatoms. The maximum Gasteiger partial charge on any atom is 0.341 e. The summed E-state index contributed by atoms with van der Waals surface area (Å²) in [5.41, 5.74) is 5.01. The summed E-state index contributed by atoms with van der Waals surface area (Å²) in [6, 6.07) is 25.3. The molecular formula is C32H24ClNO3S2. The fourth-order valence-corrected chi connectivity index (χ4v) is 7.77. The lowest BCUT2D eigenvalue weighted by Crippen LogP contribution is -2.06. The van der Waals surface area contributed by atoms with Crippen LogP contribution in [0.4, 0.5) is 0 Å². The minimum Gasteiger partial charge on any atom is -0.462 e. The van der Waals surface area contributed by atoms with E-state index in [4.69, 9.17) is 16.3 Å². The largest absolute Gasteiger partial charge is 0.462 e. The van der Waals surface area contributed by atoms with E-state index in [9.17, 15) is 9.59 Å². The van der Waals surface area contributed by atoms with E-state index >= 15 is 0 Å². The molecule has 0 atom stereocenters.